The average molecular weight is 425 g/mol. The van der Waals surface area contributed by atoms with Crippen molar-refractivity contribution in [3.8, 4) is 0 Å². The van der Waals surface area contributed by atoms with Crippen LogP contribution >= 0.6 is 0 Å². The van der Waals surface area contributed by atoms with E-state index in [9.17, 15) is 27.1 Å². The lowest BCUT2D eigenvalue weighted by molar-refractivity contribution is -0.266. The Morgan fingerprint density at radius 2 is 1.70 bits per heavy atom. The smallest absolute Gasteiger partial charge is 0.380 e. The second kappa shape index (κ2) is 7.69. The molecule has 0 saturated heterocycles. The van der Waals surface area contributed by atoms with Crippen LogP contribution < -0.4 is 0 Å². The Morgan fingerprint density at radius 1 is 1.00 bits per heavy atom. The number of halogens is 5. The fourth-order valence-electron chi connectivity index (χ4n) is 4.16. The molecule has 2 N–H and O–H groups in total. The van der Waals surface area contributed by atoms with E-state index >= 15 is 0 Å². The van der Waals surface area contributed by atoms with Gasteiger partial charge in [0, 0.05) is 17.5 Å². The van der Waals surface area contributed by atoms with Crippen molar-refractivity contribution < 1.29 is 27.1 Å². The largest absolute Gasteiger partial charge is 0.417 e. The van der Waals surface area contributed by atoms with Crippen LogP contribution in [0.5, 0.6) is 0 Å². The van der Waals surface area contributed by atoms with Gasteiger partial charge in [-0.25, -0.2) is 8.78 Å². The number of benzene rings is 2. The highest BCUT2D eigenvalue weighted by molar-refractivity contribution is 5.80. The maximum Gasteiger partial charge on any atom is 0.417 e. The molecule has 0 aliphatic rings. The van der Waals surface area contributed by atoms with Gasteiger partial charge in [0.25, 0.3) is 0 Å². The molecule has 0 amide bonds. The minimum atomic E-state index is -4.94. The molecule has 3 aromatic rings. The van der Waals surface area contributed by atoms with Gasteiger partial charge in [-0.3, -0.25) is 0 Å². The normalized spacial score (nSPS) is 14.8. The van der Waals surface area contributed by atoms with Gasteiger partial charge < -0.3 is 10.1 Å². The molecule has 0 fully saturated rings. The number of hydrogen-bond acceptors (Lipinski definition) is 1. The molecule has 0 saturated carbocycles. The summed E-state index contributed by atoms with van der Waals surface area (Å²) in [6.45, 7) is 4.95. The summed E-state index contributed by atoms with van der Waals surface area (Å²) >= 11 is 0. The molecule has 0 aliphatic carbocycles. The summed E-state index contributed by atoms with van der Waals surface area (Å²) in [5, 5.41) is 11.2. The Hall–Kier alpha value is -2.41. The molecule has 1 aromatic heterocycles. The highest BCUT2D eigenvalue weighted by Crippen LogP contribution is 2.44. The van der Waals surface area contributed by atoms with E-state index in [1.165, 1.54) is 30.3 Å². The lowest BCUT2D eigenvalue weighted by atomic mass is 9.72. The van der Waals surface area contributed by atoms with Gasteiger partial charge in [0.1, 0.15) is 11.6 Å². The van der Waals surface area contributed by atoms with Crippen molar-refractivity contribution in [3.63, 3.8) is 0 Å². The lowest BCUT2D eigenvalue weighted by Gasteiger charge is -2.38. The zero-order valence-corrected chi connectivity index (χ0v) is 17.0. The van der Waals surface area contributed by atoms with Crippen LogP contribution in [0, 0.1) is 11.6 Å². The zero-order valence-electron chi connectivity index (χ0n) is 17.0. The maximum absolute atomic E-state index is 14.0. The van der Waals surface area contributed by atoms with Crippen LogP contribution in [0.2, 0.25) is 0 Å². The minimum absolute atomic E-state index is 0.0701. The molecule has 1 unspecified atom stereocenters. The molecule has 162 valence electrons. The molecule has 30 heavy (non-hydrogen) atoms. The fourth-order valence-corrected chi connectivity index (χ4v) is 4.16. The van der Waals surface area contributed by atoms with E-state index in [-0.39, 0.29) is 11.2 Å². The Balaban J connectivity index is 2.01. The number of hydrogen-bond donors (Lipinski definition) is 2. The SMILES string of the molecule is CCc1ccc(F)cc1C(C)(C)CC(O)(Cc1cc2cccc(F)c2[nH]1)C(F)(F)F. The van der Waals surface area contributed by atoms with Gasteiger partial charge in [0.2, 0.25) is 0 Å². The molecule has 1 atom stereocenters. The predicted octanol–water partition coefficient (Wildman–Crippen LogP) is 6.21. The van der Waals surface area contributed by atoms with Crippen molar-refractivity contribution in [2.24, 2.45) is 0 Å². The first-order chi connectivity index (χ1) is 13.9. The Morgan fingerprint density at radius 3 is 2.30 bits per heavy atom. The molecule has 0 bridgehead atoms. The fraction of sp³-hybridized carbons (Fsp3) is 0.391. The highest BCUT2D eigenvalue weighted by atomic mass is 19.4. The van der Waals surface area contributed by atoms with Crippen LogP contribution in [0.15, 0.2) is 42.5 Å². The van der Waals surface area contributed by atoms with E-state index in [2.05, 4.69) is 4.98 Å². The third-order valence-electron chi connectivity index (χ3n) is 5.59. The molecule has 0 aliphatic heterocycles. The molecule has 2 aromatic carbocycles. The van der Waals surface area contributed by atoms with E-state index < -0.39 is 41.7 Å². The van der Waals surface area contributed by atoms with Crippen molar-refractivity contribution in [2.45, 2.75) is 57.2 Å². The molecule has 1 heterocycles. The van der Waals surface area contributed by atoms with Crippen molar-refractivity contribution >= 4 is 10.9 Å². The van der Waals surface area contributed by atoms with Crippen molar-refractivity contribution in [2.75, 3.05) is 0 Å². The zero-order chi connectivity index (χ0) is 22.3. The number of para-hydroxylation sites is 1. The Labute approximate surface area is 171 Å². The molecular formula is C23H24F5NO. The van der Waals surface area contributed by atoms with Gasteiger partial charge in [0.05, 0.1) is 5.52 Å². The molecular weight excluding hydrogens is 401 g/mol. The van der Waals surface area contributed by atoms with Gasteiger partial charge in [-0.2, -0.15) is 13.2 Å². The number of fused-ring (bicyclic) bond motifs is 1. The summed E-state index contributed by atoms with van der Waals surface area (Å²) in [6.07, 6.45) is -5.88. The first-order valence-electron chi connectivity index (χ1n) is 9.70. The van der Waals surface area contributed by atoms with E-state index in [4.69, 9.17) is 0 Å². The summed E-state index contributed by atoms with van der Waals surface area (Å²) in [6, 6.07) is 9.71. The second-order valence-electron chi connectivity index (χ2n) is 8.42. The van der Waals surface area contributed by atoms with Crippen molar-refractivity contribution in [1.29, 1.82) is 0 Å². The van der Waals surface area contributed by atoms with Gasteiger partial charge in [-0.1, -0.05) is 39.0 Å². The number of nitrogens with one attached hydrogen (secondary N) is 1. The van der Waals surface area contributed by atoms with Crippen LogP contribution in [0.1, 0.15) is 44.0 Å². The van der Waals surface area contributed by atoms with Crippen molar-refractivity contribution in [1.82, 2.24) is 4.98 Å². The average Bonchev–Trinajstić information content (AvgIpc) is 3.04. The predicted molar refractivity (Wildman–Crippen MR) is 106 cm³/mol. The lowest BCUT2D eigenvalue weighted by Crippen LogP contribution is -2.51. The molecule has 0 spiro atoms. The second-order valence-corrected chi connectivity index (χ2v) is 8.42. The topological polar surface area (TPSA) is 36.0 Å². The monoisotopic (exact) mass is 425 g/mol. The quantitative estimate of drug-likeness (QED) is 0.453. The number of aryl methyl sites for hydroxylation is 1. The summed E-state index contributed by atoms with van der Waals surface area (Å²) < 4.78 is 69.8. The van der Waals surface area contributed by atoms with E-state index in [0.29, 0.717) is 17.4 Å². The number of alkyl halides is 3. The standard InChI is InChI=1S/C23H24F5NO/c1-4-14-8-9-16(24)11-18(14)21(2,3)13-22(30,23(26,27)28)12-17-10-15-6-5-7-19(25)20(15)29-17/h5-11,29-30H,4,12-13H2,1-3H3. The van der Waals surface area contributed by atoms with E-state index in [1.807, 2.05) is 6.92 Å². The summed E-state index contributed by atoms with van der Waals surface area (Å²) in [4.78, 5) is 2.65. The Kier molecular flexibility index (Phi) is 5.71. The number of rotatable bonds is 6. The van der Waals surface area contributed by atoms with Gasteiger partial charge >= 0.3 is 6.18 Å². The molecule has 3 rings (SSSR count). The number of aliphatic hydroxyl groups is 1. The molecule has 7 heteroatoms. The summed E-state index contributed by atoms with van der Waals surface area (Å²) in [5.74, 6) is -1.13. The van der Waals surface area contributed by atoms with Crippen molar-refractivity contribution in [3.05, 3.63) is 70.9 Å². The number of aromatic nitrogens is 1. The van der Waals surface area contributed by atoms with E-state index in [0.717, 1.165) is 5.56 Å². The summed E-state index contributed by atoms with van der Waals surface area (Å²) in [5.41, 5.74) is -2.95. The molecule has 2 nitrogen and oxygen atoms in total. The van der Waals surface area contributed by atoms with Crippen LogP contribution in [-0.2, 0) is 18.3 Å². The highest BCUT2D eigenvalue weighted by Gasteiger charge is 2.56. The van der Waals surface area contributed by atoms with Crippen LogP contribution in [0.25, 0.3) is 10.9 Å². The number of aromatic amines is 1. The maximum atomic E-state index is 14.0. The summed E-state index contributed by atoms with van der Waals surface area (Å²) in [7, 11) is 0. The van der Waals surface area contributed by atoms with E-state index in [1.54, 1.807) is 26.0 Å². The minimum Gasteiger partial charge on any atom is -0.380 e. The number of H-pyrrole nitrogens is 1. The first-order valence-corrected chi connectivity index (χ1v) is 9.70. The molecule has 0 radical (unpaired) electrons. The van der Waals surface area contributed by atoms with Crippen LogP contribution in [0.4, 0.5) is 22.0 Å². The third kappa shape index (κ3) is 4.21. The Bertz CT molecular complexity index is 1050. The van der Waals surface area contributed by atoms with Gasteiger partial charge in [0.15, 0.2) is 5.60 Å². The third-order valence-corrected chi connectivity index (χ3v) is 5.59. The van der Waals surface area contributed by atoms with Crippen LogP contribution in [-0.4, -0.2) is 21.9 Å². The van der Waals surface area contributed by atoms with Gasteiger partial charge in [-0.15, -0.1) is 0 Å². The first kappa shape index (κ1) is 22.3. The van der Waals surface area contributed by atoms with Crippen LogP contribution in [0.3, 0.4) is 0 Å². The van der Waals surface area contributed by atoms with Gasteiger partial charge in [-0.05, 0) is 53.6 Å².